The van der Waals surface area contributed by atoms with Crippen LogP contribution in [0.3, 0.4) is 0 Å². The Morgan fingerprint density at radius 1 is 0.968 bits per heavy atom. The molecule has 0 fully saturated rings. The minimum absolute atomic E-state index is 0.210. The van der Waals surface area contributed by atoms with Crippen molar-refractivity contribution in [2.24, 2.45) is 0 Å². The molecule has 0 aliphatic rings. The van der Waals surface area contributed by atoms with Crippen molar-refractivity contribution >= 4 is 20.9 Å². The van der Waals surface area contributed by atoms with Crippen LogP contribution in [-0.2, 0) is 16.4 Å². The van der Waals surface area contributed by atoms with Crippen LogP contribution in [0.1, 0.15) is 33.4 Å². The van der Waals surface area contributed by atoms with E-state index in [0.717, 1.165) is 33.2 Å². The van der Waals surface area contributed by atoms with E-state index in [1.807, 2.05) is 32.9 Å². The van der Waals surface area contributed by atoms with Gasteiger partial charge in [0.1, 0.15) is 5.75 Å². The molecule has 0 amide bonds. The van der Waals surface area contributed by atoms with Gasteiger partial charge in [-0.2, -0.15) is 5.26 Å². The second kappa shape index (κ2) is 7.60. The van der Waals surface area contributed by atoms with Gasteiger partial charge in [0.2, 0.25) is 0 Å². The van der Waals surface area contributed by atoms with Crippen LogP contribution in [0.15, 0.2) is 65.7 Å². The van der Waals surface area contributed by atoms with Gasteiger partial charge in [-0.05, 0) is 79.8 Å². The van der Waals surface area contributed by atoms with Crippen LogP contribution in [0, 0.1) is 32.1 Å². The number of hydrogen-bond donors (Lipinski definition) is 1. The first-order valence-electron chi connectivity index (χ1n) is 9.86. The predicted octanol–water partition coefficient (Wildman–Crippen LogP) is 4.97. The van der Waals surface area contributed by atoms with Gasteiger partial charge in [0.15, 0.2) is 0 Å². The summed E-state index contributed by atoms with van der Waals surface area (Å²) in [5.74, 6) is 0.264. The summed E-state index contributed by atoms with van der Waals surface area (Å²) in [6, 6.07) is 17.7. The Morgan fingerprint density at radius 3 is 2.23 bits per heavy atom. The first-order chi connectivity index (χ1) is 14.7. The van der Waals surface area contributed by atoms with Crippen LogP contribution in [0.5, 0.6) is 5.75 Å². The third kappa shape index (κ3) is 3.69. The lowest BCUT2D eigenvalue weighted by molar-refractivity contribution is 0.466. The van der Waals surface area contributed by atoms with Crippen molar-refractivity contribution in [1.82, 2.24) is 3.97 Å². The molecule has 4 aromatic rings. The van der Waals surface area contributed by atoms with Crippen LogP contribution in [0.25, 0.3) is 10.9 Å². The van der Waals surface area contributed by atoms with Crippen molar-refractivity contribution in [3.05, 3.63) is 94.2 Å². The van der Waals surface area contributed by atoms with Crippen LogP contribution in [0.4, 0.5) is 0 Å². The summed E-state index contributed by atoms with van der Waals surface area (Å²) in [4.78, 5) is 0.210. The molecule has 1 heterocycles. The predicted molar refractivity (Wildman–Crippen MR) is 121 cm³/mol. The molecule has 5 nitrogen and oxygen atoms in total. The number of phenolic OH excluding ortho intramolecular Hbond substituents is 1. The fourth-order valence-corrected chi connectivity index (χ4v) is 5.26. The van der Waals surface area contributed by atoms with E-state index in [1.54, 1.807) is 48.7 Å². The van der Waals surface area contributed by atoms with Crippen LogP contribution >= 0.6 is 0 Å². The summed E-state index contributed by atoms with van der Waals surface area (Å²) in [5, 5.41) is 20.1. The molecule has 1 N–H and O–H groups in total. The molecule has 6 heteroatoms. The first-order valence-corrected chi connectivity index (χ1v) is 11.3. The number of nitriles is 1. The molecule has 3 aromatic carbocycles. The van der Waals surface area contributed by atoms with Gasteiger partial charge in [-0.15, -0.1) is 0 Å². The minimum Gasteiger partial charge on any atom is -0.507 e. The molecule has 0 aliphatic carbocycles. The smallest absolute Gasteiger partial charge is 0.268 e. The van der Waals surface area contributed by atoms with Crippen molar-refractivity contribution in [2.75, 3.05) is 0 Å². The van der Waals surface area contributed by atoms with E-state index < -0.39 is 10.0 Å². The molecule has 0 unspecified atom stereocenters. The molecule has 0 aliphatic heterocycles. The number of aromatic hydroxyl groups is 1. The number of phenols is 1. The summed E-state index contributed by atoms with van der Waals surface area (Å²) in [6.45, 7) is 5.58. The average Bonchev–Trinajstić information content (AvgIpc) is 3.10. The molecular weight excluding hydrogens is 408 g/mol. The van der Waals surface area contributed by atoms with Gasteiger partial charge in [0.05, 0.1) is 22.0 Å². The Hall–Kier alpha value is -3.56. The van der Waals surface area contributed by atoms with E-state index in [1.165, 1.54) is 3.97 Å². The maximum absolute atomic E-state index is 13.4. The summed E-state index contributed by atoms with van der Waals surface area (Å²) in [7, 11) is -3.80. The largest absolute Gasteiger partial charge is 0.507 e. The lowest BCUT2D eigenvalue weighted by atomic mass is 9.99. The monoisotopic (exact) mass is 430 g/mol. The van der Waals surface area contributed by atoms with E-state index in [-0.39, 0.29) is 10.6 Å². The fourth-order valence-electron chi connectivity index (χ4n) is 3.87. The first kappa shape index (κ1) is 20.7. The Kier molecular flexibility index (Phi) is 5.08. The van der Waals surface area contributed by atoms with Gasteiger partial charge in [-0.1, -0.05) is 29.8 Å². The lowest BCUT2D eigenvalue weighted by Gasteiger charge is -2.08. The summed E-state index contributed by atoms with van der Waals surface area (Å²) in [6.07, 6.45) is 2.11. The molecule has 0 bridgehead atoms. The molecule has 0 radical (unpaired) electrons. The normalized spacial score (nSPS) is 11.5. The molecule has 0 saturated carbocycles. The molecule has 0 atom stereocenters. The third-order valence-corrected chi connectivity index (χ3v) is 7.19. The minimum atomic E-state index is -3.80. The SMILES string of the molecule is Cc1ccc(S(=O)(=O)n2cc(Cc3cc(C)c(O)c(C)c3)c3cc(C#N)ccc32)cc1. The highest BCUT2D eigenvalue weighted by atomic mass is 32.2. The van der Waals surface area contributed by atoms with Gasteiger partial charge in [-0.25, -0.2) is 12.4 Å². The van der Waals surface area contributed by atoms with E-state index in [2.05, 4.69) is 6.07 Å². The zero-order valence-electron chi connectivity index (χ0n) is 17.5. The summed E-state index contributed by atoms with van der Waals surface area (Å²) < 4.78 is 28.1. The number of fused-ring (bicyclic) bond motifs is 1. The number of rotatable bonds is 4. The van der Waals surface area contributed by atoms with Crippen LogP contribution in [0.2, 0.25) is 0 Å². The molecule has 31 heavy (non-hydrogen) atoms. The van der Waals surface area contributed by atoms with Crippen molar-refractivity contribution in [3.8, 4) is 11.8 Å². The average molecular weight is 431 g/mol. The van der Waals surface area contributed by atoms with Crippen molar-refractivity contribution in [2.45, 2.75) is 32.1 Å². The van der Waals surface area contributed by atoms with Gasteiger partial charge in [0, 0.05) is 11.6 Å². The van der Waals surface area contributed by atoms with Crippen molar-refractivity contribution in [3.63, 3.8) is 0 Å². The van der Waals surface area contributed by atoms with Gasteiger partial charge >= 0.3 is 0 Å². The maximum atomic E-state index is 13.4. The Balaban J connectivity index is 1.91. The summed E-state index contributed by atoms with van der Waals surface area (Å²) >= 11 is 0. The second-order valence-electron chi connectivity index (χ2n) is 7.87. The van der Waals surface area contributed by atoms with Crippen LogP contribution in [-0.4, -0.2) is 17.5 Å². The molecular formula is C25H22N2O3S. The Bertz CT molecular complexity index is 1430. The van der Waals surface area contributed by atoms with Crippen molar-refractivity contribution in [1.29, 1.82) is 5.26 Å². The van der Waals surface area contributed by atoms with E-state index in [0.29, 0.717) is 17.5 Å². The van der Waals surface area contributed by atoms with Gasteiger partial charge < -0.3 is 5.11 Å². The van der Waals surface area contributed by atoms with Gasteiger partial charge in [-0.3, -0.25) is 0 Å². The Morgan fingerprint density at radius 2 is 1.61 bits per heavy atom. The van der Waals surface area contributed by atoms with Crippen LogP contribution < -0.4 is 0 Å². The number of aryl methyl sites for hydroxylation is 3. The zero-order valence-corrected chi connectivity index (χ0v) is 18.4. The zero-order chi connectivity index (χ0) is 22.3. The standard InChI is InChI=1S/C25H22N2O3S/c1-16-4-7-22(8-5-16)31(29,30)27-15-21(23-13-19(14-26)6-9-24(23)27)12-20-10-17(2)25(28)18(3)11-20/h4-11,13,15,28H,12H2,1-3H3. The maximum Gasteiger partial charge on any atom is 0.268 e. The number of hydrogen-bond acceptors (Lipinski definition) is 4. The highest BCUT2D eigenvalue weighted by Crippen LogP contribution is 2.30. The number of benzene rings is 3. The van der Waals surface area contributed by atoms with E-state index >= 15 is 0 Å². The molecule has 1 aromatic heterocycles. The lowest BCUT2D eigenvalue weighted by Crippen LogP contribution is -2.11. The highest BCUT2D eigenvalue weighted by molar-refractivity contribution is 7.90. The molecule has 0 saturated heterocycles. The molecule has 156 valence electrons. The van der Waals surface area contributed by atoms with Gasteiger partial charge in [0.25, 0.3) is 10.0 Å². The quantitative estimate of drug-likeness (QED) is 0.495. The van der Waals surface area contributed by atoms with Crippen molar-refractivity contribution < 1.29 is 13.5 Å². The topological polar surface area (TPSA) is 83.1 Å². The van der Waals surface area contributed by atoms with E-state index in [9.17, 15) is 18.8 Å². The van der Waals surface area contributed by atoms with E-state index in [4.69, 9.17) is 0 Å². The number of nitrogens with zero attached hydrogens (tertiary/aromatic N) is 2. The summed E-state index contributed by atoms with van der Waals surface area (Å²) in [5.41, 5.74) is 5.27. The highest BCUT2D eigenvalue weighted by Gasteiger charge is 2.22. The third-order valence-electron chi connectivity index (χ3n) is 5.51. The number of aromatic nitrogens is 1. The molecule has 4 rings (SSSR count). The molecule has 0 spiro atoms. The Labute approximate surface area is 181 Å². The fraction of sp³-hybridized carbons (Fsp3) is 0.160. The second-order valence-corrected chi connectivity index (χ2v) is 9.68.